The Bertz CT molecular complexity index is 685. The second kappa shape index (κ2) is 8.85. The number of carbonyl (C=O) groups excluding carboxylic acids is 1. The first kappa shape index (κ1) is 18.5. The summed E-state index contributed by atoms with van der Waals surface area (Å²) in [5.41, 5.74) is 0.802. The van der Waals surface area contributed by atoms with Crippen molar-refractivity contribution in [1.82, 2.24) is 9.97 Å². The maximum Gasteiger partial charge on any atom is 0.275 e. The third kappa shape index (κ3) is 4.82. The van der Waals surface area contributed by atoms with Crippen LogP contribution in [-0.4, -0.2) is 29.0 Å². The second-order valence-electron chi connectivity index (χ2n) is 5.33. The molecule has 24 heavy (non-hydrogen) atoms. The van der Waals surface area contributed by atoms with Gasteiger partial charge in [0.05, 0.1) is 22.4 Å². The van der Waals surface area contributed by atoms with Crippen LogP contribution in [0.15, 0.2) is 30.6 Å². The Morgan fingerprint density at radius 2 is 1.79 bits per heavy atom. The van der Waals surface area contributed by atoms with E-state index in [9.17, 15) is 4.79 Å². The van der Waals surface area contributed by atoms with E-state index in [1.807, 2.05) is 0 Å². The van der Waals surface area contributed by atoms with Gasteiger partial charge in [0.1, 0.15) is 11.5 Å². The number of benzene rings is 1. The molecule has 0 radical (unpaired) electrons. The molecule has 0 aliphatic carbocycles. The summed E-state index contributed by atoms with van der Waals surface area (Å²) in [7, 11) is 0. The van der Waals surface area contributed by atoms with E-state index in [1.165, 1.54) is 6.20 Å². The predicted molar refractivity (Wildman–Crippen MR) is 99.2 cm³/mol. The molecule has 2 aromatic rings. The highest BCUT2D eigenvalue weighted by molar-refractivity contribution is 6.42. The molecule has 5 nitrogen and oxygen atoms in total. The summed E-state index contributed by atoms with van der Waals surface area (Å²) in [6, 6.07) is 4.90. The van der Waals surface area contributed by atoms with E-state index in [4.69, 9.17) is 23.2 Å². The molecule has 1 N–H and O–H groups in total. The first-order chi connectivity index (χ1) is 11.5. The van der Waals surface area contributed by atoms with Gasteiger partial charge in [-0.1, -0.05) is 37.0 Å². The molecule has 2 rings (SSSR count). The van der Waals surface area contributed by atoms with Crippen LogP contribution in [0.3, 0.4) is 0 Å². The minimum Gasteiger partial charge on any atom is -0.355 e. The van der Waals surface area contributed by atoms with Crippen LogP contribution in [-0.2, 0) is 0 Å². The van der Waals surface area contributed by atoms with Crippen LogP contribution < -0.4 is 10.2 Å². The summed E-state index contributed by atoms with van der Waals surface area (Å²) in [5, 5.41) is 3.54. The van der Waals surface area contributed by atoms with E-state index >= 15 is 0 Å². The summed E-state index contributed by atoms with van der Waals surface area (Å²) in [5.74, 6) is 0.440. The molecule has 0 saturated carbocycles. The number of carbonyl (C=O) groups is 1. The lowest BCUT2D eigenvalue weighted by atomic mass is 10.3. The lowest BCUT2D eigenvalue weighted by Gasteiger charge is -2.22. The molecule has 7 heteroatoms. The normalized spacial score (nSPS) is 10.5. The molecular weight excluding hydrogens is 347 g/mol. The van der Waals surface area contributed by atoms with Crippen molar-refractivity contribution >= 4 is 40.6 Å². The minimum absolute atomic E-state index is 0.248. The van der Waals surface area contributed by atoms with E-state index in [1.54, 1.807) is 24.4 Å². The summed E-state index contributed by atoms with van der Waals surface area (Å²) in [4.78, 5) is 23.0. The largest absolute Gasteiger partial charge is 0.355 e. The molecule has 128 valence electrons. The van der Waals surface area contributed by atoms with Gasteiger partial charge in [-0.15, -0.1) is 0 Å². The van der Waals surface area contributed by atoms with E-state index in [2.05, 4.69) is 34.0 Å². The molecule has 0 aliphatic rings. The van der Waals surface area contributed by atoms with Gasteiger partial charge in [0.25, 0.3) is 5.91 Å². The molecule has 1 aromatic carbocycles. The van der Waals surface area contributed by atoms with Crippen molar-refractivity contribution in [2.24, 2.45) is 0 Å². The summed E-state index contributed by atoms with van der Waals surface area (Å²) < 4.78 is 0. The Hall–Kier alpha value is -1.85. The van der Waals surface area contributed by atoms with Gasteiger partial charge in [0.15, 0.2) is 0 Å². The molecule has 0 spiro atoms. The van der Waals surface area contributed by atoms with Crippen LogP contribution in [0.1, 0.15) is 37.2 Å². The second-order valence-corrected chi connectivity index (χ2v) is 6.14. The maximum absolute atomic E-state index is 12.2. The zero-order valence-electron chi connectivity index (χ0n) is 13.7. The number of rotatable bonds is 7. The highest BCUT2D eigenvalue weighted by Crippen LogP contribution is 2.25. The molecule has 1 heterocycles. The molecule has 0 saturated heterocycles. The van der Waals surface area contributed by atoms with Crippen molar-refractivity contribution in [3.63, 3.8) is 0 Å². The van der Waals surface area contributed by atoms with E-state index in [0.717, 1.165) is 31.7 Å². The third-order valence-corrected chi connectivity index (χ3v) is 4.10. The van der Waals surface area contributed by atoms with Crippen LogP contribution >= 0.6 is 23.2 Å². The molecule has 0 unspecified atom stereocenters. The maximum atomic E-state index is 12.2. The molecular formula is C17H20Cl2N4O. The van der Waals surface area contributed by atoms with Gasteiger partial charge in [0.2, 0.25) is 0 Å². The first-order valence-electron chi connectivity index (χ1n) is 7.88. The van der Waals surface area contributed by atoms with Gasteiger partial charge in [-0.3, -0.25) is 4.79 Å². The summed E-state index contributed by atoms with van der Waals surface area (Å²) in [6.45, 7) is 6.07. The average Bonchev–Trinajstić information content (AvgIpc) is 2.58. The van der Waals surface area contributed by atoms with Crippen molar-refractivity contribution in [3.05, 3.63) is 46.3 Å². The predicted octanol–water partition coefficient (Wildman–Crippen LogP) is 4.66. The molecule has 1 aromatic heterocycles. The van der Waals surface area contributed by atoms with E-state index in [0.29, 0.717) is 15.7 Å². The van der Waals surface area contributed by atoms with Crippen LogP contribution in [0.5, 0.6) is 0 Å². The number of hydrogen-bond acceptors (Lipinski definition) is 4. The fourth-order valence-corrected chi connectivity index (χ4v) is 2.55. The minimum atomic E-state index is -0.343. The van der Waals surface area contributed by atoms with Crippen LogP contribution in [0.25, 0.3) is 0 Å². The smallest absolute Gasteiger partial charge is 0.275 e. The van der Waals surface area contributed by atoms with Crippen LogP contribution in [0, 0.1) is 0 Å². The molecule has 0 bridgehead atoms. The topological polar surface area (TPSA) is 58.1 Å². The Labute approximate surface area is 152 Å². The number of hydrogen-bond donors (Lipinski definition) is 1. The van der Waals surface area contributed by atoms with Gasteiger partial charge in [-0.05, 0) is 31.0 Å². The van der Waals surface area contributed by atoms with E-state index in [-0.39, 0.29) is 11.6 Å². The Morgan fingerprint density at radius 3 is 2.33 bits per heavy atom. The number of aromatic nitrogens is 2. The quantitative estimate of drug-likeness (QED) is 0.773. The fraction of sp³-hybridized carbons (Fsp3) is 0.353. The van der Waals surface area contributed by atoms with Crippen molar-refractivity contribution < 1.29 is 4.79 Å². The van der Waals surface area contributed by atoms with Gasteiger partial charge >= 0.3 is 0 Å². The lowest BCUT2D eigenvalue weighted by molar-refractivity contribution is 0.102. The third-order valence-electron chi connectivity index (χ3n) is 3.36. The molecule has 0 fully saturated rings. The monoisotopic (exact) mass is 366 g/mol. The lowest BCUT2D eigenvalue weighted by Crippen LogP contribution is -2.26. The Morgan fingerprint density at radius 1 is 1.08 bits per heavy atom. The first-order valence-corrected chi connectivity index (χ1v) is 8.64. The van der Waals surface area contributed by atoms with Gasteiger partial charge in [-0.25, -0.2) is 9.97 Å². The van der Waals surface area contributed by atoms with Gasteiger partial charge < -0.3 is 10.2 Å². The zero-order chi connectivity index (χ0) is 17.5. The highest BCUT2D eigenvalue weighted by atomic mass is 35.5. The van der Waals surface area contributed by atoms with Gasteiger partial charge in [-0.2, -0.15) is 0 Å². The van der Waals surface area contributed by atoms with Crippen molar-refractivity contribution in [2.45, 2.75) is 26.7 Å². The van der Waals surface area contributed by atoms with Crippen LogP contribution in [0.4, 0.5) is 11.5 Å². The standard InChI is InChI=1S/C17H20Cl2N4O/c1-3-7-23(8-4-2)16-11-20-15(10-21-16)17(24)22-12-5-6-13(18)14(19)9-12/h5-6,9-11H,3-4,7-8H2,1-2H3,(H,22,24). The Kier molecular flexibility index (Phi) is 6.82. The van der Waals surface area contributed by atoms with E-state index < -0.39 is 0 Å². The molecule has 0 aliphatic heterocycles. The number of halogens is 2. The SMILES string of the molecule is CCCN(CCC)c1cnc(C(=O)Nc2ccc(Cl)c(Cl)c2)cn1. The summed E-state index contributed by atoms with van der Waals surface area (Å²) >= 11 is 11.8. The number of nitrogens with zero attached hydrogens (tertiary/aromatic N) is 3. The number of amides is 1. The Balaban J connectivity index is 2.08. The van der Waals surface area contributed by atoms with Crippen molar-refractivity contribution in [2.75, 3.05) is 23.3 Å². The number of anilines is 2. The fourth-order valence-electron chi connectivity index (χ4n) is 2.25. The highest BCUT2D eigenvalue weighted by Gasteiger charge is 2.12. The van der Waals surface area contributed by atoms with Crippen molar-refractivity contribution in [1.29, 1.82) is 0 Å². The zero-order valence-corrected chi connectivity index (χ0v) is 15.2. The van der Waals surface area contributed by atoms with Crippen molar-refractivity contribution in [3.8, 4) is 0 Å². The molecule has 1 amide bonds. The molecule has 0 atom stereocenters. The average molecular weight is 367 g/mol. The van der Waals surface area contributed by atoms with Crippen LogP contribution in [0.2, 0.25) is 10.0 Å². The van der Waals surface area contributed by atoms with Gasteiger partial charge in [0, 0.05) is 18.8 Å². The number of nitrogens with one attached hydrogen (secondary N) is 1. The summed E-state index contributed by atoms with van der Waals surface area (Å²) in [6.07, 6.45) is 5.18.